The van der Waals surface area contributed by atoms with Gasteiger partial charge in [0.15, 0.2) is 0 Å². The molecule has 0 saturated heterocycles. The van der Waals surface area contributed by atoms with Gasteiger partial charge in [0.05, 0.1) is 0 Å². The summed E-state index contributed by atoms with van der Waals surface area (Å²) in [5.41, 5.74) is 7.44. The second-order valence-corrected chi connectivity index (χ2v) is 7.44. The van der Waals surface area contributed by atoms with Gasteiger partial charge >= 0.3 is 0 Å². The molecule has 1 aromatic rings. The predicted molar refractivity (Wildman–Crippen MR) is 114 cm³/mol. The van der Waals surface area contributed by atoms with E-state index in [2.05, 4.69) is 103 Å². The summed E-state index contributed by atoms with van der Waals surface area (Å²) in [7, 11) is 0. The van der Waals surface area contributed by atoms with Crippen molar-refractivity contribution in [3.8, 4) is 0 Å². The van der Waals surface area contributed by atoms with Crippen LogP contribution in [0.2, 0.25) is 0 Å². The van der Waals surface area contributed by atoms with Gasteiger partial charge in [0.2, 0.25) is 0 Å². The molecule has 0 bridgehead atoms. The Labute approximate surface area is 155 Å². The average Bonchev–Trinajstić information content (AvgIpc) is 2.59. The molecule has 0 saturated carbocycles. The van der Waals surface area contributed by atoms with Crippen molar-refractivity contribution in [1.29, 1.82) is 0 Å². The topological polar surface area (TPSA) is 0 Å². The van der Waals surface area contributed by atoms with Gasteiger partial charge < -0.3 is 0 Å². The Balaban J connectivity index is 3.04. The van der Waals surface area contributed by atoms with Crippen molar-refractivity contribution in [3.63, 3.8) is 0 Å². The summed E-state index contributed by atoms with van der Waals surface area (Å²) < 4.78 is 0. The molecule has 0 N–H and O–H groups in total. The van der Waals surface area contributed by atoms with E-state index in [1.165, 1.54) is 22.3 Å². The highest BCUT2D eigenvalue weighted by molar-refractivity contribution is 5.48. The smallest absolute Gasteiger partial charge is 0.00966 e. The van der Waals surface area contributed by atoms with Crippen molar-refractivity contribution in [1.82, 2.24) is 0 Å². The van der Waals surface area contributed by atoms with Gasteiger partial charge in [0.1, 0.15) is 0 Å². The lowest BCUT2D eigenvalue weighted by Crippen LogP contribution is -2.16. The maximum absolute atomic E-state index is 4.37. The van der Waals surface area contributed by atoms with Crippen LogP contribution in [-0.4, -0.2) is 0 Å². The van der Waals surface area contributed by atoms with E-state index in [9.17, 15) is 0 Å². The molecule has 0 amide bonds. The molecule has 0 nitrogen and oxygen atoms in total. The molecule has 0 aliphatic heterocycles. The van der Waals surface area contributed by atoms with Crippen molar-refractivity contribution in [3.05, 3.63) is 95.1 Å². The molecule has 0 spiro atoms. The monoisotopic (exact) mass is 334 g/mol. The van der Waals surface area contributed by atoms with E-state index in [1.807, 2.05) is 0 Å². The molecule has 0 radical (unpaired) electrons. The molecule has 0 heterocycles. The zero-order valence-corrected chi connectivity index (χ0v) is 16.9. The average molecular weight is 335 g/mol. The van der Waals surface area contributed by atoms with Gasteiger partial charge in [-0.15, -0.1) is 0 Å². The van der Waals surface area contributed by atoms with Crippen molar-refractivity contribution < 1.29 is 0 Å². The molecule has 0 unspecified atom stereocenters. The molecular formula is C25H34. The van der Waals surface area contributed by atoms with Crippen LogP contribution in [0.5, 0.6) is 0 Å². The first-order chi connectivity index (χ1) is 11.7. The minimum Gasteiger partial charge on any atom is -0.0993 e. The van der Waals surface area contributed by atoms with E-state index < -0.39 is 0 Å². The fraction of sp³-hybridized carbons (Fsp3) is 0.360. The highest BCUT2D eigenvalue weighted by Gasteiger charge is 2.24. The molecule has 0 aliphatic rings. The second-order valence-electron chi connectivity index (χ2n) is 7.44. The quantitative estimate of drug-likeness (QED) is 0.339. The lowest BCUT2D eigenvalue weighted by Gasteiger charge is -2.29. The second kappa shape index (κ2) is 9.42. The van der Waals surface area contributed by atoms with Crippen LogP contribution in [0.25, 0.3) is 0 Å². The maximum Gasteiger partial charge on any atom is 0.00966 e. The lowest BCUT2D eigenvalue weighted by atomic mass is 9.75. The van der Waals surface area contributed by atoms with Crippen LogP contribution in [0.1, 0.15) is 53.5 Å². The van der Waals surface area contributed by atoms with Crippen LogP contribution in [-0.2, 0) is 6.42 Å². The summed E-state index contributed by atoms with van der Waals surface area (Å²) in [6.45, 7) is 21.4. The number of benzene rings is 1. The van der Waals surface area contributed by atoms with Crippen LogP contribution in [0.4, 0.5) is 0 Å². The molecule has 0 atom stereocenters. The Morgan fingerprint density at radius 1 is 1.04 bits per heavy atom. The van der Waals surface area contributed by atoms with E-state index >= 15 is 0 Å². The predicted octanol–water partition coefficient (Wildman–Crippen LogP) is 7.62. The number of allylic oxidation sites excluding steroid dienone is 8. The molecule has 0 aromatic heterocycles. The minimum atomic E-state index is -0.0945. The SMILES string of the molecule is C=C(C)C(C)(C)C(=C)/C(C)=C(\C=C/C)/C=C(\C)CCc1ccccc1. The summed E-state index contributed by atoms with van der Waals surface area (Å²) in [6.07, 6.45) is 8.72. The Hall–Kier alpha value is -2.08. The third-order valence-electron chi connectivity index (χ3n) is 5.11. The van der Waals surface area contributed by atoms with Crippen molar-refractivity contribution in [2.45, 2.75) is 54.4 Å². The van der Waals surface area contributed by atoms with E-state index in [-0.39, 0.29) is 5.41 Å². The van der Waals surface area contributed by atoms with Gasteiger partial charge in [-0.3, -0.25) is 0 Å². The first-order valence-electron chi connectivity index (χ1n) is 9.10. The third-order valence-corrected chi connectivity index (χ3v) is 5.11. The van der Waals surface area contributed by atoms with Crippen molar-refractivity contribution in [2.24, 2.45) is 5.41 Å². The molecule has 25 heavy (non-hydrogen) atoms. The molecule has 134 valence electrons. The number of aryl methyl sites for hydroxylation is 1. The fourth-order valence-corrected chi connectivity index (χ4v) is 2.69. The van der Waals surface area contributed by atoms with E-state index in [4.69, 9.17) is 0 Å². The molecule has 0 fully saturated rings. The Morgan fingerprint density at radius 3 is 2.16 bits per heavy atom. The maximum atomic E-state index is 4.37. The molecule has 0 heteroatoms. The van der Waals surface area contributed by atoms with Crippen LogP contribution in [0.3, 0.4) is 0 Å². The normalized spacial score (nSPS) is 13.8. The molecule has 1 rings (SSSR count). The van der Waals surface area contributed by atoms with E-state index in [0.29, 0.717) is 0 Å². The van der Waals surface area contributed by atoms with E-state index in [0.717, 1.165) is 24.0 Å². The van der Waals surface area contributed by atoms with Crippen LogP contribution in [0.15, 0.2) is 89.6 Å². The zero-order valence-electron chi connectivity index (χ0n) is 16.9. The molecule has 0 aliphatic carbocycles. The fourth-order valence-electron chi connectivity index (χ4n) is 2.69. The summed E-state index contributed by atoms with van der Waals surface area (Å²) in [5.74, 6) is 0. The van der Waals surface area contributed by atoms with Gasteiger partial charge in [0.25, 0.3) is 0 Å². The largest absolute Gasteiger partial charge is 0.0993 e. The summed E-state index contributed by atoms with van der Waals surface area (Å²) in [4.78, 5) is 0. The van der Waals surface area contributed by atoms with Gasteiger partial charge in [-0.2, -0.15) is 0 Å². The molecular weight excluding hydrogens is 300 g/mol. The highest BCUT2D eigenvalue weighted by atomic mass is 14.3. The number of hydrogen-bond acceptors (Lipinski definition) is 0. The van der Waals surface area contributed by atoms with Crippen molar-refractivity contribution >= 4 is 0 Å². The van der Waals surface area contributed by atoms with Gasteiger partial charge in [-0.1, -0.05) is 86.7 Å². The first kappa shape index (κ1) is 21.0. The van der Waals surface area contributed by atoms with Gasteiger partial charge in [-0.25, -0.2) is 0 Å². The zero-order chi connectivity index (χ0) is 19.0. The van der Waals surface area contributed by atoms with Crippen LogP contribution in [0, 0.1) is 5.41 Å². The molecule has 1 aromatic carbocycles. The Bertz CT molecular complexity index is 691. The minimum absolute atomic E-state index is 0.0945. The summed E-state index contributed by atoms with van der Waals surface area (Å²) in [5, 5.41) is 0. The standard InChI is InChI=1S/C25H34/c1-9-13-24(21(5)22(6)25(7,8)19(2)3)18-20(4)16-17-23-14-11-10-12-15-23/h9-15,18H,2,6,16-17H2,1,3-5,7-8H3/b13-9-,20-18+,24-21+. The summed E-state index contributed by atoms with van der Waals surface area (Å²) >= 11 is 0. The Morgan fingerprint density at radius 2 is 1.64 bits per heavy atom. The highest BCUT2D eigenvalue weighted by Crippen LogP contribution is 2.38. The van der Waals surface area contributed by atoms with E-state index in [1.54, 1.807) is 0 Å². The number of rotatable bonds is 8. The first-order valence-corrected chi connectivity index (χ1v) is 9.10. The van der Waals surface area contributed by atoms with Crippen LogP contribution >= 0.6 is 0 Å². The number of hydrogen-bond donors (Lipinski definition) is 0. The lowest BCUT2D eigenvalue weighted by molar-refractivity contribution is 0.548. The van der Waals surface area contributed by atoms with Gasteiger partial charge in [0, 0.05) is 5.41 Å². The summed E-state index contributed by atoms with van der Waals surface area (Å²) in [6, 6.07) is 10.7. The van der Waals surface area contributed by atoms with Gasteiger partial charge in [-0.05, 0) is 62.8 Å². The van der Waals surface area contributed by atoms with Crippen molar-refractivity contribution in [2.75, 3.05) is 0 Å². The Kier molecular flexibility index (Phi) is 7.90. The van der Waals surface area contributed by atoms with Crippen LogP contribution < -0.4 is 0 Å². The third kappa shape index (κ3) is 6.05.